The Balaban J connectivity index is 1.54. The molecule has 0 bridgehead atoms. The molecule has 1 aromatic carbocycles. The molecule has 2 atom stereocenters. The molecule has 1 N–H and O–H groups in total. The van der Waals surface area contributed by atoms with Gasteiger partial charge in [-0.25, -0.2) is 0 Å². The number of carbonyl (C=O) groups excluding carboxylic acids is 1. The molecule has 2 fully saturated rings. The summed E-state index contributed by atoms with van der Waals surface area (Å²) in [6.07, 6.45) is 5.71. The van der Waals surface area contributed by atoms with Gasteiger partial charge < -0.3 is 10.2 Å². The van der Waals surface area contributed by atoms with Crippen LogP contribution in [0.3, 0.4) is 0 Å². The van der Waals surface area contributed by atoms with Gasteiger partial charge in [-0.05, 0) is 43.5 Å². The minimum Gasteiger partial charge on any atom is -0.337 e. The third-order valence-corrected chi connectivity index (χ3v) is 4.70. The second kappa shape index (κ2) is 5.53. The molecular formula is C16H19N5O. The number of benzene rings is 1. The van der Waals surface area contributed by atoms with Crippen LogP contribution in [0.5, 0.6) is 0 Å². The molecule has 3 heterocycles. The summed E-state index contributed by atoms with van der Waals surface area (Å²) < 4.78 is 1.81. The lowest BCUT2D eigenvalue weighted by molar-refractivity contribution is 0.0785. The Morgan fingerprint density at radius 1 is 1.23 bits per heavy atom. The van der Waals surface area contributed by atoms with Crippen LogP contribution in [0.1, 0.15) is 23.2 Å². The average Bonchev–Trinajstić information content (AvgIpc) is 3.23. The van der Waals surface area contributed by atoms with Gasteiger partial charge in [-0.1, -0.05) is 6.07 Å². The van der Waals surface area contributed by atoms with Crippen molar-refractivity contribution < 1.29 is 4.79 Å². The summed E-state index contributed by atoms with van der Waals surface area (Å²) in [5.41, 5.74) is 1.63. The van der Waals surface area contributed by atoms with Crippen LogP contribution in [0, 0.1) is 5.92 Å². The highest BCUT2D eigenvalue weighted by molar-refractivity contribution is 5.95. The van der Waals surface area contributed by atoms with Crippen LogP contribution in [-0.2, 0) is 0 Å². The van der Waals surface area contributed by atoms with Gasteiger partial charge in [0.25, 0.3) is 5.91 Å². The fraction of sp³-hybridized carbons (Fsp3) is 0.438. The Kier molecular flexibility index (Phi) is 3.38. The lowest BCUT2D eigenvalue weighted by Gasteiger charge is -2.24. The molecule has 1 amide bonds. The van der Waals surface area contributed by atoms with Crippen LogP contribution in [0.2, 0.25) is 0 Å². The van der Waals surface area contributed by atoms with Crippen LogP contribution in [0.15, 0.2) is 36.9 Å². The minimum atomic E-state index is 0.117. The third-order valence-electron chi connectivity index (χ3n) is 4.70. The first-order chi connectivity index (χ1) is 10.8. The van der Waals surface area contributed by atoms with Crippen LogP contribution < -0.4 is 5.32 Å². The monoisotopic (exact) mass is 297 g/mol. The molecule has 1 aromatic heterocycles. The van der Waals surface area contributed by atoms with E-state index >= 15 is 0 Å². The van der Waals surface area contributed by atoms with Crippen molar-refractivity contribution in [2.75, 3.05) is 19.6 Å². The lowest BCUT2D eigenvalue weighted by atomic mass is 9.94. The zero-order chi connectivity index (χ0) is 14.9. The SMILES string of the molecule is O=C(c1cccc(-n2cnnc2)c1)N1C[C@@H]2CCCN[C@@H]2C1. The fourth-order valence-corrected chi connectivity index (χ4v) is 3.53. The number of likely N-dealkylation sites (tertiary alicyclic amines) is 1. The molecule has 6 nitrogen and oxygen atoms in total. The highest BCUT2D eigenvalue weighted by atomic mass is 16.2. The summed E-state index contributed by atoms with van der Waals surface area (Å²) in [4.78, 5) is 14.8. The number of fused-ring (bicyclic) bond motifs is 1. The number of aromatic nitrogens is 3. The quantitative estimate of drug-likeness (QED) is 0.901. The topological polar surface area (TPSA) is 63.1 Å². The van der Waals surface area contributed by atoms with Gasteiger partial charge in [-0.15, -0.1) is 10.2 Å². The Morgan fingerprint density at radius 3 is 2.91 bits per heavy atom. The summed E-state index contributed by atoms with van der Waals surface area (Å²) in [6, 6.07) is 8.11. The number of piperidine rings is 1. The normalized spacial score (nSPS) is 24.3. The molecular weight excluding hydrogens is 278 g/mol. The lowest BCUT2D eigenvalue weighted by Crippen LogP contribution is -2.41. The molecule has 0 spiro atoms. The standard InChI is InChI=1S/C16H19N5O/c22-16(20-8-13-4-2-6-17-15(13)9-20)12-3-1-5-14(7-12)21-10-18-19-11-21/h1,3,5,7,10-11,13,15,17H,2,4,6,8-9H2/t13-,15+/m0/s1. The molecule has 2 saturated heterocycles. The Morgan fingerprint density at radius 2 is 2.09 bits per heavy atom. The number of amides is 1. The van der Waals surface area contributed by atoms with E-state index in [0.29, 0.717) is 12.0 Å². The van der Waals surface area contributed by atoms with Gasteiger partial charge in [0.05, 0.1) is 0 Å². The van der Waals surface area contributed by atoms with Gasteiger partial charge >= 0.3 is 0 Å². The van der Waals surface area contributed by atoms with Crippen LogP contribution in [0.4, 0.5) is 0 Å². The smallest absolute Gasteiger partial charge is 0.253 e. The van der Waals surface area contributed by atoms with E-state index in [-0.39, 0.29) is 5.91 Å². The fourth-order valence-electron chi connectivity index (χ4n) is 3.53. The van der Waals surface area contributed by atoms with E-state index in [1.807, 2.05) is 33.7 Å². The average molecular weight is 297 g/mol. The van der Waals surface area contributed by atoms with Gasteiger partial charge in [-0.3, -0.25) is 9.36 Å². The maximum Gasteiger partial charge on any atom is 0.253 e. The van der Waals surface area contributed by atoms with Crippen molar-refractivity contribution in [3.05, 3.63) is 42.5 Å². The number of nitrogens with one attached hydrogen (secondary N) is 1. The third kappa shape index (κ3) is 2.39. The van der Waals surface area contributed by atoms with Gasteiger partial charge in [-0.2, -0.15) is 0 Å². The molecule has 0 aliphatic carbocycles. The summed E-state index contributed by atoms with van der Waals surface area (Å²) in [5, 5.41) is 11.2. The van der Waals surface area contributed by atoms with Crippen LogP contribution in [-0.4, -0.2) is 51.2 Å². The number of hydrogen-bond donors (Lipinski definition) is 1. The van der Waals surface area contributed by atoms with E-state index in [9.17, 15) is 4.79 Å². The maximum absolute atomic E-state index is 12.8. The predicted molar refractivity (Wildman–Crippen MR) is 81.8 cm³/mol. The second-order valence-electron chi connectivity index (χ2n) is 6.09. The molecule has 114 valence electrons. The van der Waals surface area contributed by atoms with E-state index in [4.69, 9.17) is 0 Å². The summed E-state index contributed by atoms with van der Waals surface area (Å²) in [5.74, 6) is 0.727. The van der Waals surface area contributed by atoms with Crippen LogP contribution in [0.25, 0.3) is 5.69 Å². The second-order valence-corrected chi connectivity index (χ2v) is 6.09. The minimum absolute atomic E-state index is 0.117. The number of carbonyl (C=O) groups is 1. The Bertz CT molecular complexity index is 655. The molecule has 22 heavy (non-hydrogen) atoms. The molecule has 2 aliphatic heterocycles. The number of hydrogen-bond acceptors (Lipinski definition) is 4. The van der Waals surface area contributed by atoms with E-state index in [0.717, 1.165) is 30.9 Å². The van der Waals surface area contributed by atoms with E-state index in [1.165, 1.54) is 12.8 Å². The van der Waals surface area contributed by atoms with E-state index in [1.54, 1.807) is 12.7 Å². The molecule has 2 aromatic rings. The Labute approximate surface area is 129 Å². The number of rotatable bonds is 2. The first-order valence-electron chi connectivity index (χ1n) is 7.79. The van der Waals surface area contributed by atoms with Crippen molar-refractivity contribution in [2.45, 2.75) is 18.9 Å². The van der Waals surface area contributed by atoms with Gasteiger partial charge in [0.2, 0.25) is 0 Å². The van der Waals surface area contributed by atoms with Crippen molar-refractivity contribution in [3.63, 3.8) is 0 Å². The predicted octanol–water partition coefficient (Wildman–Crippen LogP) is 1.09. The molecule has 6 heteroatoms. The first-order valence-corrected chi connectivity index (χ1v) is 7.79. The Hall–Kier alpha value is -2.21. The molecule has 0 saturated carbocycles. The molecule has 0 radical (unpaired) electrons. The summed E-state index contributed by atoms with van der Waals surface area (Å²) >= 11 is 0. The van der Waals surface area contributed by atoms with E-state index in [2.05, 4.69) is 15.5 Å². The van der Waals surface area contributed by atoms with Crippen LogP contribution >= 0.6 is 0 Å². The largest absolute Gasteiger partial charge is 0.337 e. The summed E-state index contributed by atoms with van der Waals surface area (Å²) in [6.45, 7) is 2.76. The van der Waals surface area contributed by atoms with Gasteiger partial charge in [0.1, 0.15) is 12.7 Å². The number of nitrogens with zero attached hydrogens (tertiary/aromatic N) is 4. The van der Waals surface area contributed by atoms with Crippen molar-refractivity contribution in [1.29, 1.82) is 0 Å². The highest BCUT2D eigenvalue weighted by Crippen LogP contribution is 2.26. The molecule has 2 aliphatic rings. The van der Waals surface area contributed by atoms with Crippen molar-refractivity contribution in [3.8, 4) is 5.69 Å². The van der Waals surface area contributed by atoms with Crippen molar-refractivity contribution in [2.24, 2.45) is 5.92 Å². The molecule has 4 rings (SSSR count). The first kappa shape index (κ1) is 13.5. The highest BCUT2D eigenvalue weighted by Gasteiger charge is 2.36. The van der Waals surface area contributed by atoms with Gasteiger partial charge in [0, 0.05) is 30.4 Å². The zero-order valence-electron chi connectivity index (χ0n) is 12.4. The van der Waals surface area contributed by atoms with E-state index < -0.39 is 0 Å². The molecule has 0 unspecified atom stereocenters. The van der Waals surface area contributed by atoms with Gasteiger partial charge in [0.15, 0.2) is 0 Å². The zero-order valence-corrected chi connectivity index (χ0v) is 12.4. The van der Waals surface area contributed by atoms with Crippen molar-refractivity contribution in [1.82, 2.24) is 25.0 Å². The van der Waals surface area contributed by atoms with Crippen molar-refractivity contribution >= 4 is 5.91 Å². The maximum atomic E-state index is 12.8. The summed E-state index contributed by atoms with van der Waals surface area (Å²) in [7, 11) is 0.